The Balaban J connectivity index is 0.000000951. The van der Waals surface area contributed by atoms with E-state index in [4.69, 9.17) is 23.1 Å². The predicted molar refractivity (Wildman–Crippen MR) is 230 cm³/mol. The Hall–Kier alpha value is 0.452. The second kappa shape index (κ2) is 25.8. The van der Waals surface area contributed by atoms with Crippen LogP contribution in [0.5, 0.6) is 0 Å². The van der Waals surface area contributed by atoms with Crippen molar-refractivity contribution in [2.75, 3.05) is 13.2 Å². The molecular weight excluding hydrogens is 823 g/mol. The normalized spacial score (nSPS) is 26.8. The summed E-state index contributed by atoms with van der Waals surface area (Å²) in [4.78, 5) is 0. The van der Waals surface area contributed by atoms with Gasteiger partial charge < -0.3 is 43.5 Å². The van der Waals surface area contributed by atoms with E-state index in [0.717, 1.165) is 0 Å². The minimum absolute atomic E-state index is 0.0625. The van der Waals surface area contributed by atoms with Crippen LogP contribution in [0.15, 0.2) is 12.3 Å². The third kappa shape index (κ3) is 14.3. The fourth-order valence-electron chi connectivity index (χ4n) is 9.37. The van der Waals surface area contributed by atoms with E-state index in [1.165, 1.54) is 50.9 Å². The molecule has 0 unspecified atom stereocenters. The van der Waals surface area contributed by atoms with Crippen LogP contribution in [-0.2, 0) is 23.1 Å². The molecule has 4 N–H and O–H groups in total. The number of hydrogen-bond acceptors (Lipinski definition) is 9. The van der Waals surface area contributed by atoms with Crippen molar-refractivity contribution < 1.29 is 43.5 Å². The number of rotatable bonds is 23. The van der Waals surface area contributed by atoms with E-state index in [-0.39, 0.29) is 13.2 Å². The van der Waals surface area contributed by atoms with E-state index < -0.39 is 85.4 Å². The van der Waals surface area contributed by atoms with Gasteiger partial charge in [0.15, 0.2) is 14.6 Å². The van der Waals surface area contributed by atoms with Crippen LogP contribution < -0.4 is 0 Å². The molecule has 0 aliphatic carbocycles. The van der Waals surface area contributed by atoms with Crippen molar-refractivity contribution in [3.63, 3.8) is 0 Å². The molecule has 1 saturated heterocycles. The van der Waals surface area contributed by atoms with Gasteiger partial charge in [0, 0.05) is 0 Å². The average Bonchev–Trinajstić information content (AvgIpc) is 3.09. The number of unbranched alkanes of at least 4 members (excludes halogenated alkanes) is 3. The summed E-state index contributed by atoms with van der Waals surface area (Å²) in [5, 5.41) is 43.3. The molecule has 1 radical (unpaired) electrons. The van der Waals surface area contributed by atoms with Crippen LogP contribution in [0.3, 0.4) is 0 Å². The van der Waals surface area contributed by atoms with E-state index in [9.17, 15) is 20.4 Å². The molecule has 2 aliphatic heterocycles. The first kappa shape index (κ1) is 52.5. The molecule has 0 aromatic rings. The van der Waals surface area contributed by atoms with Gasteiger partial charge in [0.1, 0.15) is 42.7 Å². The summed E-state index contributed by atoms with van der Waals surface area (Å²) < 4.78 is 36.5. The van der Waals surface area contributed by atoms with Gasteiger partial charge in [-0.15, -0.1) is 0 Å². The maximum absolute atomic E-state index is 10.9. The van der Waals surface area contributed by atoms with Crippen molar-refractivity contribution in [2.24, 2.45) is 0 Å². The van der Waals surface area contributed by atoms with Gasteiger partial charge in [-0.25, -0.2) is 0 Å². The summed E-state index contributed by atoms with van der Waals surface area (Å²) in [5.41, 5.74) is 2.07. The minimum atomic E-state index is -2.28. The van der Waals surface area contributed by atoms with E-state index in [1.807, 2.05) is 0 Å². The Morgan fingerprint density at radius 1 is 0.574 bits per heavy atom. The van der Waals surface area contributed by atoms with Crippen molar-refractivity contribution in [1.82, 2.24) is 0 Å². The van der Waals surface area contributed by atoms with Gasteiger partial charge in [-0.2, -0.15) is 0 Å². The molecule has 12 heteroatoms. The predicted octanol–water partition coefficient (Wildman–Crippen LogP) is 9.72. The number of hydrogen-bond donors (Lipinski definition) is 4. The summed E-state index contributed by atoms with van der Waals surface area (Å²) >= 11 is -0.839. The molecule has 2 aliphatic rings. The fourth-order valence-corrected chi connectivity index (χ4v) is 29.7. The molecule has 0 saturated carbocycles. The van der Waals surface area contributed by atoms with Crippen LogP contribution in [0.2, 0.25) is 46.6 Å². The molecule has 0 amide bonds. The molecule has 1 fully saturated rings. The zero-order valence-electron chi connectivity index (χ0n) is 37.3. The summed E-state index contributed by atoms with van der Waals surface area (Å²) in [5.74, 6) is 0. The quantitative estimate of drug-likeness (QED) is 0.0742. The standard InChI is InChI=1S/C30H60O9Si2.3C4H9.Sn/c1-17(2)40(18(3)4,19(5)6)36-15-24-26(32)27(33)28(34)30(38-24)39-29-23(31)13-14-35-25(29)16-37-41(20(7)8,21(9)10)22(11)12;3*1-3-4-2;/h13-14,17-34H,15-16H2,1-12H3;3*1,3-4H2,2H3;/t23-,24-,25-,26+,27+,28-,29+,30+;;;;/m1..../s1. The molecular formula is C42H87O9Si2Sn. The van der Waals surface area contributed by atoms with Gasteiger partial charge in [0.05, 0.1) is 19.5 Å². The van der Waals surface area contributed by atoms with Gasteiger partial charge in [-0.3, -0.25) is 0 Å². The average molecular weight is 911 g/mol. The molecule has 0 aromatic heterocycles. The molecule has 8 atom stereocenters. The first-order valence-corrected chi connectivity index (χ1v) is 32.1. The Morgan fingerprint density at radius 2 is 0.963 bits per heavy atom. The Kier molecular flexibility index (Phi) is 25.1. The van der Waals surface area contributed by atoms with Gasteiger partial charge >= 0.3 is 92.4 Å². The molecule has 2 heterocycles. The third-order valence-electron chi connectivity index (χ3n) is 12.3. The third-order valence-corrected chi connectivity index (χ3v) is 33.5. The summed E-state index contributed by atoms with van der Waals surface area (Å²) in [6, 6.07) is 0. The van der Waals surface area contributed by atoms with Crippen LogP contribution in [0.4, 0.5) is 0 Å². The van der Waals surface area contributed by atoms with E-state index in [1.54, 1.807) is 13.3 Å². The van der Waals surface area contributed by atoms with Gasteiger partial charge in [0.25, 0.3) is 0 Å². The fraction of sp³-hybridized carbons (Fsp3) is 0.952. The second-order valence-corrected chi connectivity index (χ2v) is 37.4. The van der Waals surface area contributed by atoms with Crippen LogP contribution in [0.1, 0.15) is 142 Å². The zero-order chi connectivity index (χ0) is 41.4. The maximum atomic E-state index is 10.9. The Labute approximate surface area is 341 Å². The topological polar surface area (TPSA) is 127 Å². The molecule has 0 spiro atoms. The molecule has 0 aromatic carbocycles. The van der Waals surface area contributed by atoms with Crippen molar-refractivity contribution in [3.8, 4) is 0 Å². The first-order valence-electron chi connectivity index (χ1n) is 21.8. The van der Waals surface area contributed by atoms with Gasteiger partial charge in [-0.1, -0.05) is 83.1 Å². The number of ether oxygens (including phenoxy) is 3. The first-order chi connectivity index (χ1) is 25.3. The van der Waals surface area contributed by atoms with E-state index in [2.05, 4.69) is 104 Å². The van der Waals surface area contributed by atoms with Crippen molar-refractivity contribution in [1.29, 1.82) is 0 Å². The van der Waals surface area contributed by atoms with Crippen molar-refractivity contribution in [3.05, 3.63) is 12.3 Å². The second-order valence-electron chi connectivity index (χ2n) is 17.9. The Morgan fingerprint density at radius 3 is 1.33 bits per heavy atom. The monoisotopic (exact) mass is 911 g/mol. The molecule has 9 nitrogen and oxygen atoms in total. The zero-order valence-corrected chi connectivity index (χ0v) is 42.2. The number of aliphatic hydroxyl groups excluding tert-OH is 4. The van der Waals surface area contributed by atoms with Crippen LogP contribution >= 0.6 is 0 Å². The molecule has 321 valence electrons. The SMILES string of the molecule is CC(C)[Si](OC[C@H]1O[C@@H](O[C@H]2[C@H](O)C=CO[C@@H]2CO[Si](C(C)C)(C(C)C)C(C)C)[C@H](O)[C@@H](O)[C@H]1O)(C(C)C)C(C)C.CCC[CH2][Sn]([CH2]CCC)[CH2]CCC. The van der Waals surface area contributed by atoms with E-state index in [0.29, 0.717) is 33.2 Å². The van der Waals surface area contributed by atoms with E-state index >= 15 is 0 Å². The van der Waals surface area contributed by atoms with Crippen molar-refractivity contribution >= 4 is 36.4 Å². The molecule has 2 rings (SSSR count). The Bertz CT molecular complexity index is 952. The molecule has 54 heavy (non-hydrogen) atoms. The van der Waals surface area contributed by atoms with Crippen LogP contribution in [0, 0.1) is 0 Å². The summed E-state index contributed by atoms with van der Waals surface area (Å²) in [6.07, 6.45) is 2.53. The summed E-state index contributed by atoms with van der Waals surface area (Å²) in [7, 11) is -4.51. The van der Waals surface area contributed by atoms with Gasteiger partial charge in [-0.05, 0) is 39.3 Å². The van der Waals surface area contributed by atoms with Gasteiger partial charge in [0.2, 0.25) is 8.32 Å². The summed E-state index contributed by atoms with van der Waals surface area (Å²) in [6.45, 7) is 33.5. The molecule has 0 bridgehead atoms. The van der Waals surface area contributed by atoms with Crippen LogP contribution in [-0.4, -0.2) is 119 Å². The van der Waals surface area contributed by atoms with Crippen molar-refractivity contribution in [2.45, 2.75) is 238 Å². The van der Waals surface area contributed by atoms with Crippen LogP contribution in [0.25, 0.3) is 0 Å². The number of aliphatic hydroxyl groups is 4.